The van der Waals surface area contributed by atoms with Crippen LogP contribution in [0.3, 0.4) is 0 Å². The Labute approximate surface area is 120 Å². The summed E-state index contributed by atoms with van der Waals surface area (Å²) in [7, 11) is -3.36. The van der Waals surface area contributed by atoms with Gasteiger partial charge in [0, 0.05) is 12.1 Å². The SMILES string of the molecule is CC(=O)C1=CC[C@@H](c2ccc(C)cc2)N(S(C)(=O)=O)C1. The van der Waals surface area contributed by atoms with Gasteiger partial charge in [0.1, 0.15) is 0 Å². The number of Topliss-reactive ketones (excluding diaryl/α,β-unsaturated/α-hetero) is 1. The summed E-state index contributed by atoms with van der Waals surface area (Å²) in [6.07, 6.45) is 3.58. The second kappa shape index (κ2) is 5.50. The first-order valence-corrected chi connectivity index (χ1v) is 8.37. The van der Waals surface area contributed by atoms with Gasteiger partial charge in [-0.1, -0.05) is 35.9 Å². The Kier molecular flexibility index (Phi) is 4.11. The first-order valence-electron chi connectivity index (χ1n) is 6.52. The number of nitrogens with zero attached hydrogens (tertiary/aromatic N) is 1. The number of benzene rings is 1. The molecule has 0 amide bonds. The zero-order chi connectivity index (χ0) is 14.9. The zero-order valence-electron chi connectivity index (χ0n) is 12.0. The lowest BCUT2D eigenvalue weighted by molar-refractivity contribution is -0.113. The van der Waals surface area contributed by atoms with Crippen molar-refractivity contribution in [1.29, 1.82) is 0 Å². The number of hydrogen-bond acceptors (Lipinski definition) is 3. The van der Waals surface area contributed by atoms with E-state index in [1.165, 1.54) is 17.5 Å². The van der Waals surface area contributed by atoms with Crippen LogP contribution >= 0.6 is 0 Å². The molecule has 1 atom stereocenters. The maximum Gasteiger partial charge on any atom is 0.212 e. The molecule has 5 heteroatoms. The van der Waals surface area contributed by atoms with E-state index in [-0.39, 0.29) is 18.4 Å². The van der Waals surface area contributed by atoms with E-state index in [1.807, 2.05) is 37.3 Å². The van der Waals surface area contributed by atoms with Crippen LogP contribution in [0.2, 0.25) is 0 Å². The second-order valence-corrected chi connectivity index (χ2v) is 7.19. The minimum atomic E-state index is -3.36. The van der Waals surface area contributed by atoms with Crippen LogP contribution in [-0.4, -0.2) is 31.3 Å². The largest absolute Gasteiger partial charge is 0.295 e. The standard InChI is InChI=1S/C15H19NO3S/c1-11-4-6-13(7-5-11)15-9-8-14(12(2)17)10-16(15)20(3,18)19/h4-8,15H,9-10H2,1-3H3/t15-/m0/s1. The van der Waals surface area contributed by atoms with Crippen molar-refractivity contribution in [2.24, 2.45) is 0 Å². The van der Waals surface area contributed by atoms with Gasteiger partial charge in [-0.05, 0) is 25.8 Å². The summed E-state index contributed by atoms with van der Waals surface area (Å²) < 4.78 is 25.4. The van der Waals surface area contributed by atoms with Gasteiger partial charge in [-0.2, -0.15) is 4.31 Å². The minimum absolute atomic E-state index is 0.0685. The van der Waals surface area contributed by atoms with E-state index < -0.39 is 10.0 Å². The minimum Gasteiger partial charge on any atom is -0.295 e. The molecule has 4 nitrogen and oxygen atoms in total. The van der Waals surface area contributed by atoms with Crippen molar-refractivity contribution < 1.29 is 13.2 Å². The van der Waals surface area contributed by atoms with Crippen molar-refractivity contribution >= 4 is 15.8 Å². The van der Waals surface area contributed by atoms with Crippen molar-refractivity contribution in [3.05, 3.63) is 47.0 Å². The van der Waals surface area contributed by atoms with Crippen LogP contribution in [0.1, 0.15) is 30.5 Å². The molecule has 1 heterocycles. The molecule has 108 valence electrons. The lowest BCUT2D eigenvalue weighted by atomic mass is 9.96. The summed E-state index contributed by atoms with van der Waals surface area (Å²) in [5, 5.41) is 0. The fourth-order valence-electron chi connectivity index (χ4n) is 2.41. The number of aryl methyl sites for hydroxylation is 1. The molecule has 0 saturated carbocycles. The van der Waals surface area contributed by atoms with Crippen molar-refractivity contribution in [2.45, 2.75) is 26.3 Å². The molecule has 0 N–H and O–H groups in total. The normalized spacial score (nSPS) is 20.6. The van der Waals surface area contributed by atoms with Crippen LogP contribution in [0.4, 0.5) is 0 Å². The van der Waals surface area contributed by atoms with E-state index >= 15 is 0 Å². The average molecular weight is 293 g/mol. The van der Waals surface area contributed by atoms with E-state index in [1.54, 1.807) is 0 Å². The highest BCUT2D eigenvalue weighted by atomic mass is 32.2. The number of carbonyl (C=O) groups excluding carboxylic acids is 1. The summed E-state index contributed by atoms with van der Waals surface area (Å²) in [6.45, 7) is 3.62. The second-order valence-electron chi connectivity index (χ2n) is 5.26. The summed E-state index contributed by atoms with van der Waals surface area (Å²) in [4.78, 5) is 11.5. The highest BCUT2D eigenvalue weighted by molar-refractivity contribution is 7.88. The van der Waals surface area contributed by atoms with Gasteiger partial charge in [0.25, 0.3) is 0 Å². The number of sulfonamides is 1. The maximum absolute atomic E-state index is 12.0. The van der Waals surface area contributed by atoms with Crippen LogP contribution in [0.15, 0.2) is 35.9 Å². The molecule has 0 aliphatic carbocycles. The first kappa shape index (κ1) is 14.9. The fraction of sp³-hybridized carbons (Fsp3) is 0.400. The van der Waals surface area contributed by atoms with Crippen LogP contribution in [0, 0.1) is 6.92 Å². The molecule has 1 aromatic rings. The quantitative estimate of drug-likeness (QED) is 0.858. The predicted octanol–water partition coefficient (Wildman–Crippen LogP) is 2.22. The van der Waals surface area contributed by atoms with Gasteiger partial charge in [-0.15, -0.1) is 0 Å². The average Bonchev–Trinajstić information content (AvgIpc) is 2.38. The van der Waals surface area contributed by atoms with Gasteiger partial charge in [0.2, 0.25) is 10.0 Å². The molecule has 0 bridgehead atoms. The van der Waals surface area contributed by atoms with Gasteiger partial charge in [-0.25, -0.2) is 8.42 Å². The van der Waals surface area contributed by atoms with Crippen LogP contribution in [0.5, 0.6) is 0 Å². The molecule has 0 aromatic heterocycles. The molecule has 20 heavy (non-hydrogen) atoms. The molecular formula is C15H19NO3S. The van der Waals surface area contributed by atoms with Crippen LogP contribution in [0.25, 0.3) is 0 Å². The predicted molar refractivity (Wildman–Crippen MR) is 78.9 cm³/mol. The van der Waals surface area contributed by atoms with Crippen LogP contribution < -0.4 is 0 Å². The summed E-state index contributed by atoms with van der Waals surface area (Å²) >= 11 is 0. The molecule has 0 unspecified atom stereocenters. The van der Waals surface area contributed by atoms with E-state index in [0.717, 1.165) is 11.1 Å². The smallest absolute Gasteiger partial charge is 0.212 e. The molecule has 1 aliphatic rings. The number of carbonyl (C=O) groups is 1. The third-order valence-electron chi connectivity index (χ3n) is 3.60. The molecule has 2 rings (SSSR count). The van der Waals surface area contributed by atoms with Crippen molar-refractivity contribution in [3.8, 4) is 0 Å². The number of hydrogen-bond donors (Lipinski definition) is 0. The van der Waals surface area contributed by atoms with Gasteiger partial charge in [0.15, 0.2) is 5.78 Å². The Hall–Kier alpha value is -1.46. The van der Waals surface area contributed by atoms with Crippen molar-refractivity contribution in [2.75, 3.05) is 12.8 Å². The Morgan fingerprint density at radius 3 is 2.35 bits per heavy atom. The molecule has 0 fully saturated rings. The molecule has 0 saturated heterocycles. The molecule has 0 spiro atoms. The number of ketones is 1. The van der Waals surface area contributed by atoms with E-state index in [0.29, 0.717) is 12.0 Å². The Morgan fingerprint density at radius 2 is 1.85 bits per heavy atom. The highest BCUT2D eigenvalue weighted by Crippen LogP contribution is 2.32. The monoisotopic (exact) mass is 293 g/mol. The molecule has 0 radical (unpaired) electrons. The number of rotatable bonds is 3. The van der Waals surface area contributed by atoms with E-state index in [2.05, 4.69) is 0 Å². The Balaban J connectivity index is 2.40. The molecule has 1 aliphatic heterocycles. The summed E-state index contributed by atoms with van der Waals surface area (Å²) in [5.74, 6) is -0.0685. The molecule has 1 aromatic carbocycles. The summed E-state index contributed by atoms with van der Waals surface area (Å²) in [6, 6.07) is 7.61. The topological polar surface area (TPSA) is 54.5 Å². The van der Waals surface area contributed by atoms with Crippen molar-refractivity contribution in [3.63, 3.8) is 0 Å². The highest BCUT2D eigenvalue weighted by Gasteiger charge is 2.32. The zero-order valence-corrected chi connectivity index (χ0v) is 12.8. The van der Waals surface area contributed by atoms with E-state index in [4.69, 9.17) is 0 Å². The fourth-order valence-corrected chi connectivity index (χ4v) is 3.45. The van der Waals surface area contributed by atoms with Crippen molar-refractivity contribution in [1.82, 2.24) is 4.31 Å². The third kappa shape index (κ3) is 3.16. The third-order valence-corrected chi connectivity index (χ3v) is 4.84. The van der Waals surface area contributed by atoms with Gasteiger partial charge in [-0.3, -0.25) is 4.79 Å². The van der Waals surface area contributed by atoms with E-state index in [9.17, 15) is 13.2 Å². The summed E-state index contributed by atoms with van der Waals surface area (Å²) in [5.41, 5.74) is 2.66. The maximum atomic E-state index is 12.0. The van der Waals surface area contributed by atoms with Gasteiger partial charge >= 0.3 is 0 Å². The van der Waals surface area contributed by atoms with Crippen LogP contribution in [-0.2, 0) is 14.8 Å². The lowest BCUT2D eigenvalue weighted by Crippen LogP contribution is -2.38. The Bertz CT molecular complexity index is 644. The van der Waals surface area contributed by atoms with Gasteiger partial charge < -0.3 is 0 Å². The lowest BCUT2D eigenvalue weighted by Gasteiger charge is -2.33. The Morgan fingerprint density at radius 1 is 1.25 bits per heavy atom. The van der Waals surface area contributed by atoms with Gasteiger partial charge in [0.05, 0.1) is 12.3 Å². The molecular weight excluding hydrogens is 274 g/mol. The first-order chi connectivity index (χ1) is 9.29.